The minimum absolute atomic E-state index is 0.0376. The lowest BCUT2D eigenvalue weighted by Crippen LogP contribution is -2.22. The Morgan fingerprint density at radius 1 is 1.28 bits per heavy atom. The molecule has 2 N–H and O–H groups in total. The molecule has 1 aromatic carbocycles. The summed E-state index contributed by atoms with van der Waals surface area (Å²) in [5.74, 6) is 0.501. The topological polar surface area (TPSA) is 52.3 Å². The Bertz CT molecular complexity index is 483. The normalized spacial score (nSPS) is 12.4. The van der Waals surface area contributed by atoms with Gasteiger partial charge < -0.3 is 10.5 Å². The highest BCUT2D eigenvalue weighted by molar-refractivity contribution is 9.10. The van der Waals surface area contributed by atoms with Crippen molar-refractivity contribution in [2.45, 2.75) is 27.7 Å². The van der Waals surface area contributed by atoms with E-state index < -0.39 is 0 Å². The molecule has 0 radical (unpaired) electrons. The third kappa shape index (κ3) is 2.45. The molecule has 4 heteroatoms. The molecule has 1 unspecified atom stereocenters. The number of hydrogen-bond acceptors (Lipinski definition) is 3. The second-order valence-corrected chi connectivity index (χ2v) is 5.39. The molecular formula is C14H20BrNO2. The zero-order valence-corrected chi connectivity index (χ0v) is 13.1. The smallest absolute Gasteiger partial charge is 0.170 e. The summed E-state index contributed by atoms with van der Waals surface area (Å²) in [4.78, 5) is 12.4. The predicted octanol–water partition coefficient (Wildman–Crippen LogP) is 3.16. The first-order chi connectivity index (χ1) is 8.36. The van der Waals surface area contributed by atoms with Crippen LogP contribution in [0.25, 0.3) is 0 Å². The van der Waals surface area contributed by atoms with Crippen molar-refractivity contribution in [3.8, 4) is 5.75 Å². The van der Waals surface area contributed by atoms with E-state index in [-0.39, 0.29) is 11.7 Å². The summed E-state index contributed by atoms with van der Waals surface area (Å²) in [6.07, 6.45) is 0. The summed E-state index contributed by atoms with van der Waals surface area (Å²) in [6, 6.07) is 0. The summed E-state index contributed by atoms with van der Waals surface area (Å²) in [6.45, 7) is 8.07. The van der Waals surface area contributed by atoms with Crippen molar-refractivity contribution < 1.29 is 9.53 Å². The van der Waals surface area contributed by atoms with Gasteiger partial charge in [0.2, 0.25) is 0 Å². The fourth-order valence-electron chi connectivity index (χ4n) is 1.99. The quantitative estimate of drug-likeness (QED) is 0.869. The molecule has 0 aliphatic carbocycles. The summed E-state index contributed by atoms with van der Waals surface area (Å²) in [7, 11) is 1.60. The maximum atomic E-state index is 12.4. The van der Waals surface area contributed by atoms with Gasteiger partial charge in [-0.2, -0.15) is 0 Å². The van der Waals surface area contributed by atoms with E-state index in [1.165, 1.54) is 0 Å². The first-order valence-corrected chi connectivity index (χ1v) is 6.73. The number of hydrogen-bond donors (Lipinski definition) is 1. The second-order valence-electron chi connectivity index (χ2n) is 4.60. The molecule has 0 saturated heterocycles. The lowest BCUT2D eigenvalue weighted by molar-refractivity contribution is 0.0930. The lowest BCUT2D eigenvalue weighted by Gasteiger charge is -2.19. The van der Waals surface area contributed by atoms with Crippen LogP contribution >= 0.6 is 15.9 Å². The van der Waals surface area contributed by atoms with E-state index in [0.29, 0.717) is 17.9 Å². The van der Waals surface area contributed by atoms with Crippen molar-refractivity contribution in [1.29, 1.82) is 0 Å². The molecule has 0 bridgehead atoms. The minimum Gasteiger partial charge on any atom is -0.496 e. The molecule has 18 heavy (non-hydrogen) atoms. The van der Waals surface area contributed by atoms with Crippen LogP contribution in [0, 0.1) is 26.7 Å². The zero-order valence-electron chi connectivity index (χ0n) is 11.6. The number of carbonyl (C=O) groups excluding carboxylic acids is 1. The molecule has 1 atom stereocenters. The van der Waals surface area contributed by atoms with Crippen LogP contribution in [0.1, 0.15) is 34.0 Å². The molecule has 0 saturated carbocycles. The van der Waals surface area contributed by atoms with Crippen molar-refractivity contribution in [2.24, 2.45) is 11.7 Å². The first kappa shape index (κ1) is 15.2. The molecule has 1 rings (SSSR count). The fourth-order valence-corrected chi connectivity index (χ4v) is 2.48. The van der Waals surface area contributed by atoms with Crippen LogP contribution in [0.3, 0.4) is 0 Å². The Hall–Kier alpha value is -0.870. The molecule has 0 heterocycles. The maximum Gasteiger partial charge on any atom is 0.170 e. The van der Waals surface area contributed by atoms with Crippen molar-refractivity contribution in [3.63, 3.8) is 0 Å². The highest BCUT2D eigenvalue weighted by atomic mass is 79.9. The van der Waals surface area contributed by atoms with Crippen LogP contribution in [-0.2, 0) is 0 Å². The van der Waals surface area contributed by atoms with Crippen molar-refractivity contribution in [3.05, 3.63) is 26.7 Å². The Morgan fingerprint density at radius 2 is 1.83 bits per heavy atom. The number of nitrogens with two attached hydrogens (primary N) is 1. The van der Waals surface area contributed by atoms with Gasteiger partial charge >= 0.3 is 0 Å². The highest BCUT2D eigenvalue weighted by Gasteiger charge is 2.24. The third-order valence-corrected chi connectivity index (χ3v) is 4.60. The number of halogens is 1. The predicted molar refractivity (Wildman–Crippen MR) is 77.5 cm³/mol. The van der Waals surface area contributed by atoms with Gasteiger partial charge in [0.1, 0.15) is 5.75 Å². The van der Waals surface area contributed by atoms with Gasteiger partial charge in [0.25, 0.3) is 0 Å². The average molecular weight is 314 g/mol. The fraction of sp³-hybridized carbons (Fsp3) is 0.500. The van der Waals surface area contributed by atoms with Crippen LogP contribution in [0.2, 0.25) is 0 Å². The van der Waals surface area contributed by atoms with Gasteiger partial charge in [-0.05, 0) is 37.5 Å². The number of methoxy groups -OCH3 is 1. The van der Waals surface area contributed by atoms with Gasteiger partial charge in [-0.25, -0.2) is 0 Å². The molecule has 0 aliphatic rings. The summed E-state index contributed by atoms with van der Waals surface area (Å²) >= 11 is 3.54. The van der Waals surface area contributed by atoms with Gasteiger partial charge in [0.05, 0.1) is 12.7 Å². The van der Waals surface area contributed by atoms with E-state index in [0.717, 1.165) is 21.2 Å². The number of Topliss-reactive ketones (excluding diaryl/α,β-unsaturated/α-hetero) is 1. The van der Waals surface area contributed by atoms with Crippen LogP contribution < -0.4 is 10.5 Å². The van der Waals surface area contributed by atoms with Crippen LogP contribution in [0.5, 0.6) is 5.75 Å². The molecule has 1 aromatic rings. The summed E-state index contributed by atoms with van der Waals surface area (Å²) < 4.78 is 6.39. The summed E-state index contributed by atoms with van der Waals surface area (Å²) in [5.41, 5.74) is 9.23. The number of benzene rings is 1. The third-order valence-electron chi connectivity index (χ3n) is 3.42. The molecule has 0 spiro atoms. The van der Waals surface area contributed by atoms with Crippen LogP contribution in [-0.4, -0.2) is 19.4 Å². The number of ketones is 1. The standard InChI is InChI=1S/C14H20BrNO2/c1-7(6-16)13(17)11-10(4)12(15)8(2)9(3)14(11)18-5/h7H,6,16H2,1-5H3. The molecule has 0 fully saturated rings. The second kappa shape index (κ2) is 5.85. The number of carbonyl (C=O) groups is 1. The van der Waals surface area contributed by atoms with E-state index in [1.807, 2.05) is 27.7 Å². The monoisotopic (exact) mass is 313 g/mol. The van der Waals surface area contributed by atoms with Gasteiger partial charge in [-0.3, -0.25) is 4.79 Å². The number of rotatable bonds is 4. The SMILES string of the molecule is COc1c(C)c(C)c(Br)c(C)c1C(=O)C(C)CN. The Morgan fingerprint density at radius 3 is 2.28 bits per heavy atom. The van der Waals surface area contributed by atoms with E-state index in [1.54, 1.807) is 7.11 Å². The van der Waals surface area contributed by atoms with Crippen molar-refractivity contribution >= 4 is 21.7 Å². The van der Waals surface area contributed by atoms with Crippen LogP contribution in [0.15, 0.2) is 4.47 Å². The van der Waals surface area contributed by atoms with Gasteiger partial charge in [-0.1, -0.05) is 22.9 Å². The van der Waals surface area contributed by atoms with Gasteiger partial charge in [0, 0.05) is 16.9 Å². The maximum absolute atomic E-state index is 12.4. The summed E-state index contributed by atoms with van der Waals surface area (Å²) in [5, 5.41) is 0. The zero-order chi connectivity index (χ0) is 14.0. The molecule has 0 amide bonds. The highest BCUT2D eigenvalue weighted by Crippen LogP contribution is 2.37. The van der Waals surface area contributed by atoms with Crippen LogP contribution in [0.4, 0.5) is 0 Å². The Labute approximate surface area is 117 Å². The largest absolute Gasteiger partial charge is 0.496 e. The van der Waals surface area contributed by atoms with Crippen molar-refractivity contribution in [2.75, 3.05) is 13.7 Å². The Kier molecular flexibility index (Phi) is 4.93. The molecule has 0 aromatic heterocycles. The first-order valence-electron chi connectivity index (χ1n) is 5.94. The van der Waals surface area contributed by atoms with Crippen molar-refractivity contribution in [1.82, 2.24) is 0 Å². The Balaban J connectivity index is 3.57. The molecule has 100 valence electrons. The van der Waals surface area contributed by atoms with E-state index >= 15 is 0 Å². The molecular weight excluding hydrogens is 294 g/mol. The van der Waals surface area contributed by atoms with E-state index in [4.69, 9.17) is 10.5 Å². The van der Waals surface area contributed by atoms with E-state index in [9.17, 15) is 4.79 Å². The minimum atomic E-state index is -0.202. The number of ether oxygens (including phenoxy) is 1. The van der Waals surface area contributed by atoms with Gasteiger partial charge in [0.15, 0.2) is 5.78 Å². The average Bonchev–Trinajstić information content (AvgIpc) is 2.38. The van der Waals surface area contributed by atoms with Gasteiger partial charge in [-0.15, -0.1) is 0 Å². The molecule has 0 aliphatic heterocycles. The van der Waals surface area contributed by atoms with E-state index in [2.05, 4.69) is 15.9 Å². The lowest BCUT2D eigenvalue weighted by atomic mass is 9.91. The molecule has 3 nitrogen and oxygen atoms in total.